The highest BCUT2D eigenvalue weighted by atomic mass is 32.1. The standard InChI is InChI=1S/C23H26N7O3PS/c1-30-19(34(33,13-4-5-13)14-6-7-14)10-15(29-30)17-8-9-18(35-17)27-20-16(26-23(32)12-2-3-12)11-25-28-21(20)22(24)31/h8-14H,2-7H2,1H3,(H2,24,31)(H,25,27)(H,26,28,32). The minimum atomic E-state index is -2.44. The Morgan fingerprint density at radius 1 is 1.14 bits per heavy atom. The van der Waals surface area contributed by atoms with Gasteiger partial charge in [-0.3, -0.25) is 14.3 Å². The maximum absolute atomic E-state index is 14.0. The normalized spacial score (nSPS) is 17.9. The van der Waals surface area contributed by atoms with Crippen molar-refractivity contribution >= 4 is 52.1 Å². The van der Waals surface area contributed by atoms with E-state index in [1.807, 2.05) is 25.2 Å². The molecule has 3 aromatic rings. The molecular weight excluding hydrogens is 485 g/mol. The first-order valence-electron chi connectivity index (χ1n) is 11.8. The fraction of sp³-hybridized carbons (Fsp3) is 0.435. The van der Waals surface area contributed by atoms with E-state index in [0.29, 0.717) is 22.7 Å². The van der Waals surface area contributed by atoms with Gasteiger partial charge in [0.15, 0.2) is 5.69 Å². The van der Waals surface area contributed by atoms with Crippen molar-refractivity contribution in [2.45, 2.75) is 49.8 Å². The van der Waals surface area contributed by atoms with Gasteiger partial charge in [0.2, 0.25) is 5.91 Å². The molecule has 10 nitrogen and oxygen atoms in total. The molecule has 0 aliphatic heterocycles. The van der Waals surface area contributed by atoms with Gasteiger partial charge in [0.25, 0.3) is 5.91 Å². The minimum Gasteiger partial charge on any atom is -0.364 e. The number of aromatic nitrogens is 4. The van der Waals surface area contributed by atoms with Crippen molar-refractivity contribution in [2.75, 3.05) is 10.6 Å². The van der Waals surface area contributed by atoms with E-state index in [4.69, 9.17) is 10.8 Å². The monoisotopic (exact) mass is 511 g/mol. The molecule has 0 bridgehead atoms. The molecule has 3 saturated carbocycles. The molecule has 0 spiro atoms. The summed E-state index contributed by atoms with van der Waals surface area (Å²) in [6, 6.07) is 5.78. The Hall–Kier alpha value is -3.04. The van der Waals surface area contributed by atoms with E-state index in [0.717, 1.165) is 59.5 Å². The van der Waals surface area contributed by atoms with Crippen molar-refractivity contribution < 1.29 is 14.2 Å². The van der Waals surface area contributed by atoms with Crippen LogP contribution in [-0.2, 0) is 16.4 Å². The number of nitrogens with zero attached hydrogens (tertiary/aromatic N) is 4. The minimum absolute atomic E-state index is 0.0120. The highest BCUT2D eigenvalue weighted by Crippen LogP contribution is 2.69. The summed E-state index contributed by atoms with van der Waals surface area (Å²) in [4.78, 5) is 25.2. The summed E-state index contributed by atoms with van der Waals surface area (Å²) in [6.07, 6.45) is 7.29. The molecule has 0 saturated heterocycles. The smallest absolute Gasteiger partial charge is 0.271 e. The first-order valence-corrected chi connectivity index (χ1v) is 14.5. The van der Waals surface area contributed by atoms with Crippen molar-refractivity contribution in [3.8, 4) is 10.6 Å². The van der Waals surface area contributed by atoms with Crippen LogP contribution in [0.3, 0.4) is 0 Å². The van der Waals surface area contributed by atoms with Crippen LogP contribution < -0.4 is 21.8 Å². The Balaban J connectivity index is 1.29. The molecular formula is C23H26N7O3PS. The van der Waals surface area contributed by atoms with Crippen LogP contribution in [0.2, 0.25) is 0 Å². The van der Waals surface area contributed by atoms with E-state index >= 15 is 0 Å². The quantitative estimate of drug-likeness (QED) is 0.373. The number of carbonyl (C=O) groups is 2. The number of nitrogens with two attached hydrogens (primary N) is 1. The summed E-state index contributed by atoms with van der Waals surface area (Å²) < 4.78 is 15.8. The van der Waals surface area contributed by atoms with Crippen LogP contribution in [0.15, 0.2) is 24.4 Å². The number of hydrogen-bond acceptors (Lipinski definition) is 8. The SMILES string of the molecule is Cn1nc(-c2ccc(Nc3c(NC(=O)C4CC4)cnnc3C(N)=O)s2)cc1P(=O)(C1CC1)C1CC1. The number of hydrogen-bond donors (Lipinski definition) is 3. The average molecular weight is 512 g/mol. The maximum Gasteiger partial charge on any atom is 0.271 e. The fourth-order valence-corrected chi connectivity index (χ4v) is 9.38. The number of aryl methyl sites for hydroxylation is 1. The molecule has 3 aliphatic rings. The van der Waals surface area contributed by atoms with Crippen LogP contribution in [0.25, 0.3) is 10.6 Å². The number of amides is 2. The van der Waals surface area contributed by atoms with Gasteiger partial charge in [-0.2, -0.15) is 10.2 Å². The van der Waals surface area contributed by atoms with Crippen LogP contribution in [0, 0.1) is 5.92 Å². The van der Waals surface area contributed by atoms with Crippen LogP contribution >= 0.6 is 18.5 Å². The third-order valence-corrected chi connectivity index (χ3v) is 12.1. The molecule has 35 heavy (non-hydrogen) atoms. The number of thiophene rings is 1. The van der Waals surface area contributed by atoms with Crippen LogP contribution in [0.5, 0.6) is 0 Å². The highest BCUT2D eigenvalue weighted by Gasteiger charge is 2.53. The maximum atomic E-state index is 14.0. The predicted octanol–water partition coefficient (Wildman–Crippen LogP) is 3.44. The van der Waals surface area contributed by atoms with Gasteiger partial charge in [0.1, 0.15) is 12.8 Å². The molecule has 182 valence electrons. The molecule has 0 aromatic carbocycles. The van der Waals surface area contributed by atoms with Gasteiger partial charge in [-0.1, -0.05) is 0 Å². The lowest BCUT2D eigenvalue weighted by Gasteiger charge is -2.17. The topological polar surface area (TPSA) is 145 Å². The molecule has 3 fully saturated rings. The summed E-state index contributed by atoms with van der Waals surface area (Å²) in [5, 5.41) is 19.1. The Morgan fingerprint density at radius 3 is 2.49 bits per heavy atom. The first kappa shape index (κ1) is 22.4. The van der Waals surface area contributed by atoms with E-state index in [-0.39, 0.29) is 17.5 Å². The summed E-state index contributed by atoms with van der Waals surface area (Å²) in [5.74, 6) is -0.869. The lowest BCUT2D eigenvalue weighted by molar-refractivity contribution is -0.117. The highest BCUT2D eigenvalue weighted by molar-refractivity contribution is 7.73. The van der Waals surface area contributed by atoms with Gasteiger partial charge in [0.05, 0.1) is 32.9 Å². The van der Waals surface area contributed by atoms with E-state index in [1.165, 1.54) is 17.5 Å². The average Bonchev–Trinajstić information content (AvgIpc) is 3.70. The van der Waals surface area contributed by atoms with Gasteiger partial charge in [-0.25, -0.2) is 0 Å². The lowest BCUT2D eigenvalue weighted by atomic mass is 10.2. The fourth-order valence-electron chi connectivity index (χ4n) is 4.52. The summed E-state index contributed by atoms with van der Waals surface area (Å²) in [5.41, 5.74) is 8.41. The molecule has 2 amide bonds. The Morgan fingerprint density at radius 2 is 1.86 bits per heavy atom. The number of rotatable bonds is 9. The largest absolute Gasteiger partial charge is 0.364 e. The zero-order chi connectivity index (χ0) is 24.3. The van der Waals surface area contributed by atoms with Crippen molar-refractivity contribution in [2.24, 2.45) is 18.7 Å². The van der Waals surface area contributed by atoms with Crippen molar-refractivity contribution in [3.05, 3.63) is 30.1 Å². The zero-order valence-corrected chi connectivity index (χ0v) is 20.9. The van der Waals surface area contributed by atoms with Gasteiger partial charge in [0, 0.05) is 24.3 Å². The lowest BCUT2D eigenvalue weighted by Crippen LogP contribution is -2.20. The third kappa shape index (κ3) is 4.16. The molecule has 0 unspecified atom stereocenters. The Bertz CT molecular complexity index is 1370. The molecule has 3 heterocycles. The number of nitrogens with one attached hydrogen (secondary N) is 2. The van der Waals surface area contributed by atoms with Crippen molar-refractivity contribution in [1.29, 1.82) is 0 Å². The summed E-state index contributed by atoms with van der Waals surface area (Å²) in [7, 11) is -0.562. The molecule has 6 rings (SSSR count). The molecule has 0 atom stereocenters. The Labute approximate surface area is 206 Å². The predicted molar refractivity (Wildman–Crippen MR) is 135 cm³/mol. The Kier molecular flexibility index (Phi) is 5.30. The summed E-state index contributed by atoms with van der Waals surface area (Å²) >= 11 is 1.44. The number of anilines is 3. The molecule has 3 aromatic heterocycles. The summed E-state index contributed by atoms with van der Waals surface area (Å²) in [6.45, 7) is 0. The van der Waals surface area contributed by atoms with Gasteiger partial charge < -0.3 is 20.9 Å². The van der Waals surface area contributed by atoms with Crippen molar-refractivity contribution in [1.82, 2.24) is 20.0 Å². The van der Waals surface area contributed by atoms with E-state index < -0.39 is 13.0 Å². The third-order valence-electron chi connectivity index (χ3n) is 6.79. The van der Waals surface area contributed by atoms with Gasteiger partial charge in [-0.05, 0) is 56.7 Å². The second kappa shape index (κ2) is 8.27. The second-order valence-corrected chi connectivity index (χ2v) is 14.0. The van der Waals surface area contributed by atoms with E-state index in [2.05, 4.69) is 20.8 Å². The number of primary amides is 1. The first-order chi connectivity index (χ1) is 16.8. The van der Waals surface area contributed by atoms with Crippen LogP contribution in [0.4, 0.5) is 16.4 Å². The molecule has 12 heteroatoms. The molecule has 4 N–H and O–H groups in total. The molecule has 3 aliphatic carbocycles. The number of carbonyl (C=O) groups excluding carboxylic acids is 2. The van der Waals surface area contributed by atoms with Gasteiger partial charge >= 0.3 is 0 Å². The van der Waals surface area contributed by atoms with E-state index in [9.17, 15) is 14.2 Å². The van der Waals surface area contributed by atoms with E-state index in [1.54, 1.807) is 4.68 Å². The second-order valence-electron chi connectivity index (χ2n) is 9.58. The molecule has 0 radical (unpaired) electrons. The zero-order valence-electron chi connectivity index (χ0n) is 19.2. The van der Waals surface area contributed by atoms with Crippen molar-refractivity contribution in [3.63, 3.8) is 0 Å². The van der Waals surface area contributed by atoms with Gasteiger partial charge in [-0.15, -0.1) is 16.4 Å². The van der Waals surface area contributed by atoms with Crippen LogP contribution in [0.1, 0.15) is 49.0 Å². The van der Waals surface area contributed by atoms with Crippen LogP contribution in [-0.4, -0.2) is 43.1 Å².